The molecule has 0 N–H and O–H groups in total. The van der Waals surface area contributed by atoms with Gasteiger partial charge in [0, 0.05) is 12.7 Å². The molecule has 0 aliphatic rings. The Labute approximate surface area is 167 Å². The summed E-state index contributed by atoms with van der Waals surface area (Å²) in [6.45, 7) is 12.0. The fourth-order valence-corrected chi connectivity index (χ4v) is 5.30. The average Bonchev–Trinajstić information content (AvgIpc) is 2.59. The van der Waals surface area contributed by atoms with Gasteiger partial charge in [0.15, 0.2) is 0 Å². The average molecular weight is 387 g/mol. The maximum Gasteiger partial charge on any atom is 0.331 e. The lowest BCUT2D eigenvalue weighted by molar-refractivity contribution is 0.122. The molecule has 0 aliphatic carbocycles. The highest BCUT2D eigenvalue weighted by molar-refractivity contribution is 6.64. The number of unbranched alkanes of at least 4 members (excludes halogenated alkanes) is 13. The Morgan fingerprint density at radius 2 is 1.04 bits per heavy atom. The fourth-order valence-electron chi connectivity index (χ4n) is 3.51. The van der Waals surface area contributed by atoms with E-state index >= 15 is 0 Å². The largest absolute Gasteiger partial charge is 0.395 e. The van der Waals surface area contributed by atoms with Crippen LogP contribution >= 0.6 is 0 Å². The van der Waals surface area contributed by atoms with Crippen molar-refractivity contribution >= 4 is 8.56 Å². The molecule has 0 heterocycles. The second-order valence-corrected chi connectivity index (χ2v) is 11.9. The van der Waals surface area contributed by atoms with Crippen molar-refractivity contribution < 1.29 is 8.85 Å². The van der Waals surface area contributed by atoms with Crippen molar-refractivity contribution in [3.05, 3.63) is 0 Å². The van der Waals surface area contributed by atoms with Crippen LogP contribution in [0.25, 0.3) is 0 Å². The molecule has 0 radical (unpaired) electrons. The molecule has 0 aromatic carbocycles. The number of hydrogen-bond donors (Lipinski definition) is 0. The van der Waals surface area contributed by atoms with E-state index in [0.29, 0.717) is 6.10 Å². The summed E-state index contributed by atoms with van der Waals surface area (Å²) in [7, 11) is -1.92. The van der Waals surface area contributed by atoms with Crippen molar-refractivity contribution in [2.75, 3.05) is 6.61 Å². The van der Waals surface area contributed by atoms with Crippen molar-refractivity contribution in [2.45, 2.75) is 143 Å². The summed E-state index contributed by atoms with van der Waals surface area (Å²) in [5.41, 5.74) is 0. The van der Waals surface area contributed by atoms with Gasteiger partial charge in [-0.25, -0.2) is 0 Å². The van der Waals surface area contributed by atoms with Crippen molar-refractivity contribution in [1.29, 1.82) is 0 Å². The zero-order chi connectivity index (χ0) is 19.5. The molecule has 0 amide bonds. The Morgan fingerprint density at radius 1 is 0.615 bits per heavy atom. The van der Waals surface area contributed by atoms with E-state index in [1.807, 2.05) is 0 Å². The van der Waals surface area contributed by atoms with Gasteiger partial charge < -0.3 is 8.85 Å². The van der Waals surface area contributed by atoms with Gasteiger partial charge in [-0.3, -0.25) is 0 Å². The Bertz CT molecular complexity index is 281. The van der Waals surface area contributed by atoms with E-state index in [2.05, 4.69) is 33.9 Å². The number of hydrogen-bond acceptors (Lipinski definition) is 2. The highest BCUT2D eigenvalue weighted by Crippen LogP contribution is 2.16. The van der Waals surface area contributed by atoms with Crippen LogP contribution in [0.2, 0.25) is 13.1 Å². The quantitative estimate of drug-likeness (QED) is 0.154. The smallest absolute Gasteiger partial charge is 0.331 e. The predicted octanol–water partition coefficient (Wildman–Crippen LogP) is 8.39. The zero-order valence-corrected chi connectivity index (χ0v) is 19.9. The highest BCUT2D eigenvalue weighted by Gasteiger charge is 2.26. The molecule has 0 aromatic rings. The molecule has 0 spiro atoms. The Hall–Kier alpha value is 0.137. The van der Waals surface area contributed by atoms with Gasteiger partial charge in [-0.05, 0) is 32.9 Å². The van der Waals surface area contributed by atoms with E-state index in [1.165, 1.54) is 96.3 Å². The molecule has 158 valence electrons. The van der Waals surface area contributed by atoms with E-state index in [9.17, 15) is 0 Å². The second-order valence-electron chi connectivity index (χ2n) is 8.56. The second kappa shape index (κ2) is 18.5. The van der Waals surface area contributed by atoms with Crippen LogP contribution in [0.5, 0.6) is 0 Å². The Balaban J connectivity index is 3.34. The van der Waals surface area contributed by atoms with Crippen LogP contribution in [0.3, 0.4) is 0 Å². The summed E-state index contributed by atoms with van der Waals surface area (Å²) < 4.78 is 12.3. The van der Waals surface area contributed by atoms with Crippen LogP contribution in [0, 0.1) is 0 Å². The lowest BCUT2D eigenvalue weighted by atomic mass is 10.0. The maximum absolute atomic E-state index is 6.17. The predicted molar refractivity (Wildman–Crippen MR) is 119 cm³/mol. The first-order valence-electron chi connectivity index (χ1n) is 11.8. The minimum atomic E-state index is -1.92. The summed E-state index contributed by atoms with van der Waals surface area (Å²) in [6.07, 6.45) is 22.2. The first-order valence-corrected chi connectivity index (χ1v) is 14.6. The first-order chi connectivity index (χ1) is 12.5. The molecule has 0 rings (SSSR count). The maximum atomic E-state index is 6.17. The van der Waals surface area contributed by atoms with E-state index in [-0.39, 0.29) is 0 Å². The lowest BCUT2D eigenvalue weighted by Gasteiger charge is -2.27. The SMILES string of the molecule is CCCCCCCCCCCCCCCO[Si](C)(C)OC(C)CCCC. The third-order valence-electron chi connectivity index (χ3n) is 5.15. The van der Waals surface area contributed by atoms with Gasteiger partial charge in [-0.2, -0.15) is 0 Å². The molecular weight excluding hydrogens is 336 g/mol. The van der Waals surface area contributed by atoms with Crippen LogP contribution in [-0.2, 0) is 8.85 Å². The third-order valence-corrected chi connectivity index (χ3v) is 7.02. The van der Waals surface area contributed by atoms with Gasteiger partial charge in [0.1, 0.15) is 0 Å². The van der Waals surface area contributed by atoms with Gasteiger partial charge in [0.25, 0.3) is 0 Å². The molecule has 1 unspecified atom stereocenters. The Kier molecular flexibility index (Phi) is 18.6. The first kappa shape index (κ1) is 26.1. The molecule has 3 heteroatoms. The zero-order valence-electron chi connectivity index (χ0n) is 18.9. The lowest BCUT2D eigenvalue weighted by Crippen LogP contribution is -2.38. The fraction of sp³-hybridized carbons (Fsp3) is 1.00. The van der Waals surface area contributed by atoms with E-state index in [4.69, 9.17) is 8.85 Å². The summed E-state index contributed by atoms with van der Waals surface area (Å²) >= 11 is 0. The molecular formula is C23H50O2Si. The van der Waals surface area contributed by atoms with Gasteiger partial charge in [-0.1, -0.05) is 104 Å². The van der Waals surface area contributed by atoms with E-state index in [0.717, 1.165) is 13.0 Å². The minimum absolute atomic E-state index is 0.350. The molecule has 0 fully saturated rings. The standard InChI is InChI=1S/C23H50O2Si/c1-6-8-10-11-12-13-14-15-16-17-18-19-20-22-24-26(4,5)25-23(3)21-9-7-2/h23H,6-22H2,1-5H3. The molecule has 1 atom stereocenters. The van der Waals surface area contributed by atoms with Gasteiger partial charge in [0.2, 0.25) is 0 Å². The van der Waals surface area contributed by atoms with Crippen molar-refractivity contribution in [2.24, 2.45) is 0 Å². The van der Waals surface area contributed by atoms with Crippen LogP contribution in [0.4, 0.5) is 0 Å². The van der Waals surface area contributed by atoms with Crippen LogP contribution in [0.15, 0.2) is 0 Å². The van der Waals surface area contributed by atoms with Crippen molar-refractivity contribution in [3.8, 4) is 0 Å². The monoisotopic (exact) mass is 386 g/mol. The van der Waals surface area contributed by atoms with Crippen molar-refractivity contribution in [3.63, 3.8) is 0 Å². The van der Waals surface area contributed by atoms with Gasteiger partial charge >= 0.3 is 8.56 Å². The van der Waals surface area contributed by atoms with Gasteiger partial charge in [0.05, 0.1) is 0 Å². The Morgan fingerprint density at radius 3 is 1.50 bits per heavy atom. The van der Waals surface area contributed by atoms with E-state index in [1.54, 1.807) is 0 Å². The molecule has 0 saturated heterocycles. The molecule has 0 saturated carbocycles. The minimum Gasteiger partial charge on any atom is -0.395 e. The summed E-state index contributed by atoms with van der Waals surface area (Å²) in [5, 5.41) is 0. The molecule has 26 heavy (non-hydrogen) atoms. The summed E-state index contributed by atoms with van der Waals surface area (Å²) in [6, 6.07) is 0. The number of rotatable bonds is 20. The molecule has 0 aliphatic heterocycles. The molecule has 0 bridgehead atoms. The van der Waals surface area contributed by atoms with Crippen molar-refractivity contribution in [1.82, 2.24) is 0 Å². The summed E-state index contributed by atoms with van der Waals surface area (Å²) in [5.74, 6) is 0. The van der Waals surface area contributed by atoms with Crippen LogP contribution in [0.1, 0.15) is 124 Å². The topological polar surface area (TPSA) is 18.5 Å². The van der Waals surface area contributed by atoms with Crippen LogP contribution < -0.4 is 0 Å². The molecule has 2 nitrogen and oxygen atoms in total. The van der Waals surface area contributed by atoms with Crippen LogP contribution in [-0.4, -0.2) is 21.3 Å². The van der Waals surface area contributed by atoms with Gasteiger partial charge in [-0.15, -0.1) is 0 Å². The third kappa shape index (κ3) is 18.9. The molecule has 0 aromatic heterocycles. The highest BCUT2D eigenvalue weighted by atomic mass is 28.4. The summed E-state index contributed by atoms with van der Waals surface area (Å²) in [4.78, 5) is 0. The van der Waals surface area contributed by atoms with E-state index < -0.39 is 8.56 Å². The normalized spacial score (nSPS) is 13.3.